The van der Waals surface area contributed by atoms with Gasteiger partial charge in [0.2, 0.25) is 0 Å². The van der Waals surface area contributed by atoms with Crippen LogP contribution in [-0.4, -0.2) is 22.8 Å². The van der Waals surface area contributed by atoms with E-state index in [0.717, 1.165) is 5.56 Å². The third kappa shape index (κ3) is 4.60. The van der Waals surface area contributed by atoms with E-state index < -0.39 is 0 Å². The first-order valence-electron chi connectivity index (χ1n) is 7.43. The van der Waals surface area contributed by atoms with Gasteiger partial charge in [-0.05, 0) is 23.6 Å². The van der Waals surface area contributed by atoms with Crippen LogP contribution < -0.4 is 10.1 Å². The number of halogens is 1. The summed E-state index contributed by atoms with van der Waals surface area (Å²) < 4.78 is 12.2. The number of methoxy groups -OCH3 is 1. The van der Waals surface area contributed by atoms with Gasteiger partial charge in [-0.25, -0.2) is 4.68 Å². The summed E-state index contributed by atoms with van der Waals surface area (Å²) in [7, 11) is 1.58. The number of carbonyl (C=O) groups excluding carboxylic acids is 1. The van der Waals surface area contributed by atoms with Crippen LogP contribution in [0.15, 0.2) is 48.1 Å². The number of hydrogen-bond acceptors (Lipinski definition) is 5. The number of amides is 1. The number of hydrogen-bond donors (Lipinski definition) is 1. The highest BCUT2D eigenvalue weighted by Crippen LogP contribution is 2.25. The van der Waals surface area contributed by atoms with Crippen molar-refractivity contribution < 1.29 is 14.3 Å². The van der Waals surface area contributed by atoms with Gasteiger partial charge in [0.1, 0.15) is 19.1 Å². The second kappa shape index (κ2) is 8.15. The van der Waals surface area contributed by atoms with Crippen molar-refractivity contribution in [2.75, 3.05) is 12.4 Å². The average molecular weight is 378 g/mol. The van der Waals surface area contributed by atoms with Gasteiger partial charge in [0.05, 0.1) is 28.0 Å². The molecule has 25 heavy (non-hydrogen) atoms. The molecule has 1 aromatic carbocycles. The Hall–Kier alpha value is -2.35. The Balaban J connectivity index is 1.58. The summed E-state index contributed by atoms with van der Waals surface area (Å²) in [6.07, 6.45) is 3.28. The summed E-state index contributed by atoms with van der Waals surface area (Å²) in [5, 5.41) is 9.33. The minimum atomic E-state index is -0.189. The van der Waals surface area contributed by atoms with Gasteiger partial charge in [-0.2, -0.15) is 5.10 Å². The second-order valence-electron chi connectivity index (χ2n) is 5.18. The van der Waals surface area contributed by atoms with Gasteiger partial charge in [0.25, 0.3) is 5.91 Å². The van der Waals surface area contributed by atoms with Crippen LogP contribution in [-0.2, 0) is 18.1 Å². The van der Waals surface area contributed by atoms with Crippen LogP contribution in [0.5, 0.6) is 5.75 Å². The lowest BCUT2D eigenvalue weighted by molar-refractivity contribution is 0.103. The van der Waals surface area contributed by atoms with Crippen molar-refractivity contribution >= 4 is 34.5 Å². The lowest BCUT2D eigenvalue weighted by atomic mass is 10.3. The molecule has 0 aliphatic heterocycles. The van der Waals surface area contributed by atoms with E-state index in [-0.39, 0.29) is 5.91 Å². The van der Waals surface area contributed by atoms with Crippen LogP contribution in [0, 0.1) is 0 Å². The summed E-state index contributed by atoms with van der Waals surface area (Å²) >= 11 is 7.41. The molecule has 0 radical (unpaired) electrons. The van der Waals surface area contributed by atoms with Crippen LogP contribution in [0.2, 0.25) is 5.02 Å². The molecule has 8 heteroatoms. The highest BCUT2D eigenvalue weighted by molar-refractivity contribution is 7.12. The Morgan fingerprint density at radius 2 is 2.24 bits per heavy atom. The molecule has 0 saturated carbocycles. The maximum atomic E-state index is 12.3. The zero-order chi connectivity index (χ0) is 17.6. The predicted molar refractivity (Wildman–Crippen MR) is 97.3 cm³/mol. The van der Waals surface area contributed by atoms with Crippen molar-refractivity contribution in [3.05, 3.63) is 63.6 Å². The SMILES string of the molecule is COCn1cc(NC(=O)c2cc(COc3ccccc3Cl)cs2)cn1. The lowest BCUT2D eigenvalue weighted by Crippen LogP contribution is -2.09. The van der Waals surface area contributed by atoms with Crippen molar-refractivity contribution in [2.24, 2.45) is 0 Å². The molecule has 0 unspecified atom stereocenters. The molecule has 130 valence electrons. The topological polar surface area (TPSA) is 65.4 Å². The van der Waals surface area contributed by atoms with E-state index >= 15 is 0 Å². The molecule has 0 aliphatic carbocycles. The van der Waals surface area contributed by atoms with E-state index in [4.69, 9.17) is 21.1 Å². The van der Waals surface area contributed by atoms with Gasteiger partial charge < -0.3 is 14.8 Å². The number of benzene rings is 1. The number of nitrogens with zero attached hydrogens (tertiary/aromatic N) is 2. The lowest BCUT2D eigenvalue weighted by Gasteiger charge is -2.06. The second-order valence-corrected chi connectivity index (χ2v) is 6.50. The zero-order valence-electron chi connectivity index (χ0n) is 13.4. The van der Waals surface area contributed by atoms with Gasteiger partial charge in [0, 0.05) is 12.7 Å². The summed E-state index contributed by atoms with van der Waals surface area (Å²) in [6.45, 7) is 0.678. The average Bonchev–Trinajstić information content (AvgIpc) is 3.24. The molecular weight excluding hydrogens is 362 g/mol. The van der Waals surface area contributed by atoms with Crippen molar-refractivity contribution in [3.63, 3.8) is 0 Å². The van der Waals surface area contributed by atoms with E-state index in [2.05, 4.69) is 10.4 Å². The molecule has 0 fully saturated rings. The molecule has 0 atom stereocenters. The van der Waals surface area contributed by atoms with Crippen LogP contribution in [0.4, 0.5) is 5.69 Å². The van der Waals surface area contributed by atoms with Gasteiger partial charge in [-0.3, -0.25) is 4.79 Å². The number of carbonyl (C=O) groups is 1. The van der Waals surface area contributed by atoms with Crippen LogP contribution in [0.3, 0.4) is 0 Å². The molecule has 0 saturated heterocycles. The standard InChI is InChI=1S/C17H16ClN3O3S/c1-23-11-21-8-13(7-19-21)20-17(22)16-6-12(10-25-16)9-24-15-5-3-2-4-14(15)18/h2-8,10H,9,11H2,1H3,(H,20,22). The van der Waals surface area contributed by atoms with Crippen molar-refractivity contribution in [2.45, 2.75) is 13.3 Å². The highest BCUT2D eigenvalue weighted by atomic mass is 35.5. The third-order valence-electron chi connectivity index (χ3n) is 3.26. The highest BCUT2D eigenvalue weighted by Gasteiger charge is 2.11. The van der Waals surface area contributed by atoms with Crippen LogP contribution in [0.1, 0.15) is 15.2 Å². The normalized spacial score (nSPS) is 10.6. The fraction of sp³-hybridized carbons (Fsp3) is 0.176. The molecular formula is C17H16ClN3O3S. The Kier molecular flexibility index (Phi) is 5.70. The third-order valence-corrected chi connectivity index (χ3v) is 4.55. The first-order valence-corrected chi connectivity index (χ1v) is 8.69. The maximum Gasteiger partial charge on any atom is 0.265 e. The number of rotatable bonds is 7. The minimum Gasteiger partial charge on any atom is -0.487 e. The summed E-state index contributed by atoms with van der Waals surface area (Å²) in [6, 6.07) is 9.08. The van der Waals surface area contributed by atoms with Crippen molar-refractivity contribution in [3.8, 4) is 5.75 Å². The molecule has 2 heterocycles. The van der Waals surface area contributed by atoms with E-state index in [0.29, 0.717) is 34.7 Å². The van der Waals surface area contributed by atoms with E-state index in [1.807, 2.05) is 17.5 Å². The van der Waals surface area contributed by atoms with Gasteiger partial charge >= 0.3 is 0 Å². The maximum absolute atomic E-state index is 12.3. The Morgan fingerprint density at radius 3 is 3.04 bits per heavy atom. The van der Waals surface area contributed by atoms with E-state index in [1.165, 1.54) is 11.3 Å². The van der Waals surface area contributed by atoms with Crippen LogP contribution >= 0.6 is 22.9 Å². The predicted octanol–water partition coefficient (Wildman–Crippen LogP) is 4.03. The largest absolute Gasteiger partial charge is 0.487 e. The fourth-order valence-electron chi connectivity index (χ4n) is 2.12. The number of ether oxygens (including phenoxy) is 2. The number of anilines is 1. The molecule has 0 aliphatic rings. The van der Waals surface area contributed by atoms with Crippen LogP contribution in [0.25, 0.3) is 0 Å². The Labute approximate surface area is 153 Å². The monoisotopic (exact) mass is 377 g/mol. The first-order chi connectivity index (χ1) is 12.2. The fourth-order valence-corrected chi connectivity index (χ4v) is 3.10. The molecule has 1 N–H and O–H groups in total. The van der Waals surface area contributed by atoms with E-state index in [1.54, 1.807) is 42.4 Å². The molecule has 6 nitrogen and oxygen atoms in total. The minimum absolute atomic E-state index is 0.189. The van der Waals surface area contributed by atoms with Crippen molar-refractivity contribution in [1.29, 1.82) is 0 Å². The summed E-state index contributed by atoms with van der Waals surface area (Å²) in [5.74, 6) is 0.429. The number of para-hydroxylation sites is 1. The molecule has 3 rings (SSSR count). The zero-order valence-corrected chi connectivity index (χ0v) is 15.0. The Morgan fingerprint density at radius 1 is 1.40 bits per heavy atom. The van der Waals surface area contributed by atoms with Crippen molar-refractivity contribution in [1.82, 2.24) is 9.78 Å². The van der Waals surface area contributed by atoms with Gasteiger partial charge in [-0.1, -0.05) is 23.7 Å². The molecule has 1 amide bonds. The van der Waals surface area contributed by atoms with Gasteiger partial charge in [-0.15, -0.1) is 11.3 Å². The molecule has 0 spiro atoms. The first kappa shape index (κ1) is 17.5. The molecule has 0 bridgehead atoms. The number of thiophene rings is 1. The Bertz CT molecular complexity index is 862. The quantitative estimate of drug-likeness (QED) is 0.675. The number of aromatic nitrogens is 2. The van der Waals surface area contributed by atoms with Gasteiger partial charge in [0.15, 0.2) is 0 Å². The smallest absolute Gasteiger partial charge is 0.265 e. The summed E-state index contributed by atoms with van der Waals surface area (Å²) in [5.41, 5.74) is 1.52. The summed E-state index contributed by atoms with van der Waals surface area (Å²) in [4.78, 5) is 12.9. The number of nitrogens with one attached hydrogen (secondary N) is 1. The molecule has 2 aromatic heterocycles. The molecule has 3 aromatic rings. The van der Waals surface area contributed by atoms with E-state index in [9.17, 15) is 4.79 Å².